The maximum absolute atomic E-state index is 2.44. The van der Waals surface area contributed by atoms with E-state index in [0.717, 1.165) is 5.69 Å². The second-order valence-electron chi connectivity index (χ2n) is 19.3. The molecule has 14 rings (SSSR count). The number of benzene rings is 12. The zero-order chi connectivity index (χ0) is 49.0. The van der Waals surface area contributed by atoms with Crippen LogP contribution in [-0.2, 0) is 0 Å². The molecule has 0 spiro atoms. The van der Waals surface area contributed by atoms with Gasteiger partial charge in [-0.1, -0.05) is 200 Å². The fourth-order valence-electron chi connectivity index (χ4n) is 11.3. The number of hydrogen-bond donors (Lipinski definition) is 0. The lowest BCUT2D eigenvalue weighted by atomic mass is 9.93. The van der Waals surface area contributed by atoms with Gasteiger partial charge in [0, 0.05) is 32.9 Å². The summed E-state index contributed by atoms with van der Waals surface area (Å²) in [4.78, 5) is 0. The summed E-state index contributed by atoms with van der Waals surface area (Å²) < 4.78 is 4.81. The molecule has 0 aliphatic carbocycles. The Morgan fingerprint density at radius 3 is 0.824 bits per heavy atom. The van der Waals surface area contributed by atoms with Crippen LogP contribution in [0.4, 0.5) is 0 Å². The first-order valence-electron chi connectivity index (χ1n) is 25.5. The molecule has 0 aliphatic rings. The quantitative estimate of drug-likeness (QED) is 0.136. The van der Waals surface area contributed by atoms with Crippen LogP contribution in [0.25, 0.3) is 133 Å². The molecule has 0 saturated heterocycles. The minimum Gasteiger partial charge on any atom is -0.309 e. The number of fused-ring (bicyclic) bond motifs is 6. The number of hydrogen-bond acceptors (Lipinski definition) is 0. The predicted molar refractivity (Wildman–Crippen MR) is 313 cm³/mol. The summed E-state index contributed by atoms with van der Waals surface area (Å²) in [5.74, 6) is 0. The van der Waals surface area contributed by atoms with Crippen molar-refractivity contribution in [2.75, 3.05) is 0 Å². The first-order chi connectivity index (χ1) is 36.7. The van der Waals surface area contributed by atoms with Gasteiger partial charge in [-0.25, -0.2) is 0 Å². The number of rotatable bonds is 9. The molecule has 2 aromatic heterocycles. The summed E-state index contributed by atoms with van der Waals surface area (Å²) in [6.07, 6.45) is 0. The number of aromatic nitrogens is 2. The zero-order valence-electron chi connectivity index (χ0n) is 40.6. The fraction of sp³-hybridized carbons (Fsp3) is 0. The molecule has 74 heavy (non-hydrogen) atoms. The summed E-state index contributed by atoms with van der Waals surface area (Å²) in [6.45, 7) is 0. The molecule has 12 aromatic carbocycles. The van der Waals surface area contributed by atoms with Gasteiger partial charge in [0.1, 0.15) is 0 Å². The highest BCUT2D eigenvalue weighted by Gasteiger charge is 2.17. The fourth-order valence-corrected chi connectivity index (χ4v) is 11.3. The number of para-hydroxylation sites is 3. The van der Waals surface area contributed by atoms with E-state index in [1.54, 1.807) is 0 Å². The molecule has 2 nitrogen and oxygen atoms in total. The summed E-state index contributed by atoms with van der Waals surface area (Å²) >= 11 is 0. The van der Waals surface area contributed by atoms with E-state index in [1.807, 2.05) is 0 Å². The SMILES string of the molecule is c1ccc(-c2cc(-c3ccccc3)cc(-n3c4ccccc4c4cc(-c5cccc(-c6cccc(-c7cccc(-c8cccc(-c9ccc%10c(c9)c9ccccc9n%10-c9ccccc9)c8)c7)c6)c5)ccc43)c2)cc1. The minimum absolute atomic E-state index is 1.14. The molecular weight excluding hydrogens is 893 g/mol. The highest BCUT2D eigenvalue weighted by Crippen LogP contribution is 2.40. The molecule has 0 atom stereocenters. The topological polar surface area (TPSA) is 9.86 Å². The molecule has 0 amide bonds. The smallest absolute Gasteiger partial charge is 0.0541 e. The van der Waals surface area contributed by atoms with Crippen LogP contribution in [-0.4, -0.2) is 9.13 Å². The van der Waals surface area contributed by atoms with Crippen molar-refractivity contribution < 1.29 is 0 Å². The Balaban J connectivity index is 0.782. The van der Waals surface area contributed by atoms with Crippen molar-refractivity contribution in [2.24, 2.45) is 0 Å². The molecule has 2 heteroatoms. The summed E-state index contributed by atoms with van der Waals surface area (Å²) in [7, 11) is 0. The Morgan fingerprint density at radius 2 is 0.432 bits per heavy atom. The molecule has 14 aromatic rings. The Kier molecular flexibility index (Phi) is 10.6. The summed E-state index contributed by atoms with van der Waals surface area (Å²) in [6, 6.07) is 106. The normalized spacial score (nSPS) is 11.5. The van der Waals surface area contributed by atoms with Crippen LogP contribution in [0, 0.1) is 0 Å². The lowest BCUT2D eigenvalue weighted by Crippen LogP contribution is -1.96. The van der Waals surface area contributed by atoms with Gasteiger partial charge < -0.3 is 9.13 Å². The van der Waals surface area contributed by atoms with E-state index in [2.05, 4.69) is 300 Å². The molecular formula is C72H48N2. The van der Waals surface area contributed by atoms with Gasteiger partial charge in [-0.2, -0.15) is 0 Å². The van der Waals surface area contributed by atoms with Crippen LogP contribution in [0.5, 0.6) is 0 Å². The third-order valence-electron chi connectivity index (χ3n) is 14.9. The van der Waals surface area contributed by atoms with E-state index in [4.69, 9.17) is 0 Å². The van der Waals surface area contributed by atoms with Crippen molar-refractivity contribution in [1.82, 2.24) is 9.13 Å². The predicted octanol–water partition coefficient (Wildman–Crippen LogP) is 19.5. The maximum atomic E-state index is 2.44. The maximum Gasteiger partial charge on any atom is 0.0541 e. The third kappa shape index (κ3) is 7.69. The van der Waals surface area contributed by atoms with Gasteiger partial charge in [0.25, 0.3) is 0 Å². The lowest BCUT2D eigenvalue weighted by molar-refractivity contribution is 1.18. The van der Waals surface area contributed by atoms with Gasteiger partial charge >= 0.3 is 0 Å². The minimum atomic E-state index is 1.14. The second kappa shape index (κ2) is 18.1. The first kappa shape index (κ1) is 43.1. The molecule has 0 N–H and O–H groups in total. The van der Waals surface area contributed by atoms with Crippen molar-refractivity contribution in [3.8, 4) is 89.3 Å². The average Bonchev–Trinajstić information content (AvgIpc) is 4.00. The Bertz CT molecular complexity index is 4350. The van der Waals surface area contributed by atoms with Gasteiger partial charge in [-0.15, -0.1) is 0 Å². The summed E-state index contributed by atoms with van der Waals surface area (Å²) in [5.41, 5.74) is 23.8. The van der Waals surface area contributed by atoms with Crippen LogP contribution in [0.3, 0.4) is 0 Å². The van der Waals surface area contributed by atoms with Crippen LogP contribution in [0.1, 0.15) is 0 Å². The van der Waals surface area contributed by atoms with Crippen LogP contribution in [0.15, 0.2) is 291 Å². The average molecular weight is 941 g/mol. The first-order valence-corrected chi connectivity index (χ1v) is 25.5. The highest BCUT2D eigenvalue weighted by atomic mass is 15.0. The Hall–Kier alpha value is -9.76. The monoisotopic (exact) mass is 940 g/mol. The third-order valence-corrected chi connectivity index (χ3v) is 14.9. The second-order valence-corrected chi connectivity index (χ2v) is 19.3. The molecule has 346 valence electrons. The molecule has 0 unspecified atom stereocenters. The molecule has 0 fully saturated rings. The van der Waals surface area contributed by atoms with Crippen LogP contribution in [0.2, 0.25) is 0 Å². The Morgan fingerprint density at radius 1 is 0.149 bits per heavy atom. The van der Waals surface area contributed by atoms with Gasteiger partial charge in [0.15, 0.2) is 0 Å². The standard InChI is InChI=1S/C72H48N2/c1-4-18-49(19-5-1)61-44-62(50-20-6-2-7-21-50)46-64(45-61)74-70-35-13-11-33-66(70)68-48-60(37-39-72(68)74)58-29-17-27-56(43-58)54-25-15-23-52(41-54)51-22-14-24-53(40-51)55-26-16-28-57(42-55)59-36-38-71-67(47-59)65-32-10-12-34-69(65)73(71)63-30-8-3-9-31-63/h1-48H. The van der Waals surface area contributed by atoms with Gasteiger partial charge in [-0.3, -0.25) is 0 Å². The van der Waals surface area contributed by atoms with Crippen molar-refractivity contribution in [2.45, 2.75) is 0 Å². The molecule has 0 aliphatic heterocycles. The number of nitrogens with zero attached hydrogens (tertiary/aromatic N) is 2. The van der Waals surface area contributed by atoms with E-state index >= 15 is 0 Å². The van der Waals surface area contributed by atoms with Crippen LogP contribution < -0.4 is 0 Å². The van der Waals surface area contributed by atoms with E-state index < -0.39 is 0 Å². The van der Waals surface area contributed by atoms with Crippen molar-refractivity contribution in [1.29, 1.82) is 0 Å². The van der Waals surface area contributed by atoms with E-state index in [9.17, 15) is 0 Å². The largest absolute Gasteiger partial charge is 0.309 e. The van der Waals surface area contributed by atoms with E-state index in [-0.39, 0.29) is 0 Å². The van der Waals surface area contributed by atoms with Gasteiger partial charge in [0.05, 0.1) is 22.1 Å². The zero-order valence-corrected chi connectivity index (χ0v) is 40.6. The van der Waals surface area contributed by atoms with Crippen LogP contribution >= 0.6 is 0 Å². The molecule has 2 heterocycles. The lowest BCUT2D eigenvalue weighted by Gasteiger charge is -2.14. The van der Waals surface area contributed by atoms with Gasteiger partial charge in [0.2, 0.25) is 0 Å². The van der Waals surface area contributed by atoms with E-state index in [0.29, 0.717) is 0 Å². The summed E-state index contributed by atoms with van der Waals surface area (Å²) in [5, 5.41) is 4.98. The van der Waals surface area contributed by atoms with Crippen molar-refractivity contribution >= 4 is 43.6 Å². The molecule has 0 bridgehead atoms. The van der Waals surface area contributed by atoms with Crippen molar-refractivity contribution in [3.63, 3.8) is 0 Å². The Labute approximate surface area is 431 Å². The van der Waals surface area contributed by atoms with Gasteiger partial charge in [-0.05, 0) is 169 Å². The molecule has 0 saturated carbocycles. The highest BCUT2D eigenvalue weighted by molar-refractivity contribution is 6.12. The van der Waals surface area contributed by atoms with Crippen molar-refractivity contribution in [3.05, 3.63) is 291 Å². The molecule has 0 radical (unpaired) electrons. The van der Waals surface area contributed by atoms with E-state index in [1.165, 1.54) is 127 Å².